The van der Waals surface area contributed by atoms with Crippen molar-refractivity contribution in [3.05, 3.63) is 29.8 Å². The minimum absolute atomic E-state index is 0.311. The van der Waals surface area contributed by atoms with Crippen LogP contribution < -0.4 is 9.46 Å². The highest BCUT2D eigenvalue weighted by atomic mass is 32.2. The maximum Gasteiger partial charge on any atom is 0.280 e. The predicted molar refractivity (Wildman–Crippen MR) is 80.5 cm³/mol. The van der Waals surface area contributed by atoms with E-state index in [9.17, 15) is 8.42 Å². The second kappa shape index (κ2) is 7.22. The molecule has 0 radical (unpaired) electrons. The van der Waals surface area contributed by atoms with E-state index >= 15 is 0 Å². The Hall–Kier alpha value is -1.15. The number of hydrogen-bond donors (Lipinski definition) is 1. The van der Waals surface area contributed by atoms with Crippen molar-refractivity contribution in [1.29, 1.82) is 0 Å². The Labute approximate surface area is 126 Å². The Morgan fingerprint density at radius 3 is 2.62 bits per heavy atom. The van der Waals surface area contributed by atoms with Gasteiger partial charge in [-0.05, 0) is 12.5 Å². The lowest BCUT2D eigenvalue weighted by Gasteiger charge is -2.28. The van der Waals surface area contributed by atoms with E-state index in [1.54, 1.807) is 7.11 Å². The monoisotopic (exact) mass is 314 g/mol. The second-order valence-electron chi connectivity index (χ2n) is 4.84. The van der Waals surface area contributed by atoms with Crippen LogP contribution in [0.5, 0.6) is 5.75 Å². The van der Waals surface area contributed by atoms with E-state index in [2.05, 4.69) is 4.72 Å². The molecule has 1 aliphatic heterocycles. The van der Waals surface area contributed by atoms with Crippen molar-refractivity contribution in [2.45, 2.75) is 19.4 Å². The molecule has 6 nitrogen and oxygen atoms in total. The van der Waals surface area contributed by atoms with Gasteiger partial charge in [0, 0.05) is 18.7 Å². The van der Waals surface area contributed by atoms with Crippen molar-refractivity contribution in [3.8, 4) is 5.75 Å². The molecular formula is C14H22N2O4S. The zero-order valence-corrected chi connectivity index (χ0v) is 13.2. The van der Waals surface area contributed by atoms with E-state index in [-0.39, 0.29) is 6.04 Å². The number of benzene rings is 1. The highest BCUT2D eigenvalue weighted by Gasteiger charge is 2.28. The van der Waals surface area contributed by atoms with Crippen LogP contribution >= 0.6 is 0 Å². The van der Waals surface area contributed by atoms with E-state index in [0.29, 0.717) is 38.5 Å². The zero-order valence-electron chi connectivity index (χ0n) is 12.4. The lowest BCUT2D eigenvalue weighted by molar-refractivity contribution is 0.0723. The van der Waals surface area contributed by atoms with E-state index in [4.69, 9.17) is 9.47 Å². The normalized spacial score (nSPS) is 18.4. The van der Waals surface area contributed by atoms with Crippen molar-refractivity contribution in [2.75, 3.05) is 33.4 Å². The molecule has 1 aromatic carbocycles. The Morgan fingerprint density at radius 1 is 1.33 bits per heavy atom. The molecule has 21 heavy (non-hydrogen) atoms. The van der Waals surface area contributed by atoms with Crippen molar-refractivity contribution >= 4 is 10.2 Å². The van der Waals surface area contributed by atoms with Crippen LogP contribution in [0.3, 0.4) is 0 Å². The average Bonchev–Trinajstić information content (AvgIpc) is 2.53. The van der Waals surface area contributed by atoms with E-state index < -0.39 is 10.2 Å². The van der Waals surface area contributed by atoms with Crippen LogP contribution in [-0.4, -0.2) is 46.1 Å². The SMILES string of the molecule is CC[C@@H](NS(=O)(=O)N1CCOCC1)c1ccccc1OC. The van der Waals surface area contributed by atoms with Crippen LogP contribution in [0.15, 0.2) is 24.3 Å². The molecule has 0 spiro atoms. The summed E-state index contributed by atoms with van der Waals surface area (Å²) in [5, 5.41) is 0. The number of hydrogen-bond acceptors (Lipinski definition) is 4. The van der Waals surface area contributed by atoms with Crippen LogP contribution in [0.4, 0.5) is 0 Å². The highest BCUT2D eigenvalue weighted by molar-refractivity contribution is 7.87. The summed E-state index contributed by atoms with van der Waals surface area (Å²) in [5.41, 5.74) is 0.847. The van der Waals surface area contributed by atoms with Crippen LogP contribution in [0.2, 0.25) is 0 Å². The number of ether oxygens (including phenoxy) is 2. The molecule has 0 bridgehead atoms. The quantitative estimate of drug-likeness (QED) is 0.860. The summed E-state index contributed by atoms with van der Waals surface area (Å²) in [7, 11) is -1.93. The van der Waals surface area contributed by atoms with Crippen molar-refractivity contribution in [1.82, 2.24) is 9.03 Å². The molecule has 1 fully saturated rings. The molecule has 1 atom stereocenters. The first kappa shape index (κ1) is 16.2. The van der Waals surface area contributed by atoms with Gasteiger partial charge < -0.3 is 9.47 Å². The topological polar surface area (TPSA) is 67.9 Å². The molecular weight excluding hydrogens is 292 g/mol. The molecule has 1 aliphatic rings. The molecule has 118 valence electrons. The summed E-state index contributed by atoms with van der Waals surface area (Å²) >= 11 is 0. The lowest BCUT2D eigenvalue weighted by Crippen LogP contribution is -2.47. The number of nitrogens with zero attached hydrogens (tertiary/aromatic N) is 1. The van der Waals surface area contributed by atoms with Gasteiger partial charge in [0.05, 0.1) is 26.4 Å². The molecule has 0 unspecified atom stereocenters. The van der Waals surface area contributed by atoms with Crippen molar-refractivity contribution in [3.63, 3.8) is 0 Å². The van der Waals surface area contributed by atoms with Gasteiger partial charge in [-0.15, -0.1) is 0 Å². The van der Waals surface area contributed by atoms with Gasteiger partial charge in [0.15, 0.2) is 0 Å². The van der Waals surface area contributed by atoms with Crippen LogP contribution in [0.25, 0.3) is 0 Å². The number of rotatable bonds is 6. The van der Waals surface area contributed by atoms with Gasteiger partial charge in [-0.1, -0.05) is 25.1 Å². The summed E-state index contributed by atoms with van der Waals surface area (Å²) < 4.78 is 39.6. The molecule has 0 amide bonds. The maximum atomic E-state index is 12.4. The Morgan fingerprint density at radius 2 is 2.00 bits per heavy atom. The Kier molecular flexibility index (Phi) is 5.58. The first-order chi connectivity index (χ1) is 10.1. The van der Waals surface area contributed by atoms with E-state index in [0.717, 1.165) is 5.56 Å². The predicted octanol–water partition coefficient (Wildman–Crippen LogP) is 1.31. The van der Waals surface area contributed by atoms with Gasteiger partial charge in [0.25, 0.3) is 10.2 Å². The molecule has 0 aliphatic carbocycles. The first-order valence-corrected chi connectivity index (χ1v) is 8.50. The molecule has 0 aromatic heterocycles. The molecule has 2 rings (SSSR count). The van der Waals surface area contributed by atoms with Crippen molar-refractivity contribution in [2.24, 2.45) is 0 Å². The third-order valence-electron chi connectivity index (χ3n) is 3.52. The van der Waals surface area contributed by atoms with Gasteiger partial charge in [-0.25, -0.2) is 0 Å². The van der Waals surface area contributed by atoms with Crippen LogP contribution in [-0.2, 0) is 14.9 Å². The first-order valence-electron chi connectivity index (χ1n) is 7.06. The average molecular weight is 314 g/mol. The van der Waals surface area contributed by atoms with E-state index in [1.165, 1.54) is 4.31 Å². The maximum absolute atomic E-state index is 12.4. The number of para-hydroxylation sites is 1. The van der Waals surface area contributed by atoms with Crippen LogP contribution in [0.1, 0.15) is 24.9 Å². The third-order valence-corrected chi connectivity index (χ3v) is 5.15. The lowest BCUT2D eigenvalue weighted by atomic mass is 10.0. The number of morpholine rings is 1. The van der Waals surface area contributed by atoms with Gasteiger partial charge in [-0.2, -0.15) is 17.4 Å². The van der Waals surface area contributed by atoms with Crippen LogP contribution in [0, 0.1) is 0 Å². The van der Waals surface area contributed by atoms with Gasteiger partial charge in [-0.3, -0.25) is 0 Å². The fourth-order valence-electron chi connectivity index (χ4n) is 2.36. The summed E-state index contributed by atoms with van der Waals surface area (Å²) in [6.07, 6.45) is 0.643. The van der Waals surface area contributed by atoms with Crippen molar-refractivity contribution < 1.29 is 17.9 Å². The Bertz CT molecular complexity index is 556. The highest BCUT2D eigenvalue weighted by Crippen LogP contribution is 2.27. The molecule has 1 N–H and O–H groups in total. The summed E-state index contributed by atoms with van der Waals surface area (Å²) in [5.74, 6) is 0.689. The molecule has 1 saturated heterocycles. The Balaban J connectivity index is 2.18. The third kappa shape index (κ3) is 3.94. The standard InChI is InChI=1S/C14H22N2O4S/c1-3-13(12-6-4-5-7-14(12)19-2)15-21(17,18)16-8-10-20-11-9-16/h4-7,13,15H,3,8-11H2,1-2H3/t13-/m1/s1. The number of nitrogens with one attached hydrogen (secondary N) is 1. The van der Waals surface area contributed by atoms with Gasteiger partial charge in [0.1, 0.15) is 5.75 Å². The molecule has 1 heterocycles. The van der Waals surface area contributed by atoms with Gasteiger partial charge in [0.2, 0.25) is 0 Å². The smallest absolute Gasteiger partial charge is 0.280 e. The minimum atomic E-state index is -3.52. The summed E-state index contributed by atoms with van der Waals surface area (Å²) in [4.78, 5) is 0. The van der Waals surface area contributed by atoms with Gasteiger partial charge >= 0.3 is 0 Å². The largest absolute Gasteiger partial charge is 0.496 e. The fraction of sp³-hybridized carbons (Fsp3) is 0.571. The molecule has 0 saturated carbocycles. The number of methoxy groups -OCH3 is 1. The summed E-state index contributed by atoms with van der Waals surface area (Å²) in [6.45, 7) is 3.59. The second-order valence-corrected chi connectivity index (χ2v) is 6.54. The van der Waals surface area contributed by atoms with E-state index in [1.807, 2.05) is 31.2 Å². The fourth-order valence-corrected chi connectivity index (χ4v) is 3.79. The zero-order chi connectivity index (χ0) is 15.3. The molecule has 7 heteroatoms. The summed E-state index contributed by atoms with van der Waals surface area (Å²) in [6, 6.07) is 7.15. The minimum Gasteiger partial charge on any atom is -0.496 e. The molecule has 1 aromatic rings.